The molecule has 6 nitrogen and oxygen atoms in total. The minimum absolute atomic E-state index is 0.238. The standard InChI is InChI=1S/C21H23NO5/c1-2-26-20(24)9-6-14-22-19(23)15-27-21(25)18-12-10-17(11-13-18)16-7-4-3-5-8-16/h3-5,7-8,10-13H,2,6,9,14-15H2,1H3,(H,22,23). The summed E-state index contributed by atoms with van der Waals surface area (Å²) in [6.07, 6.45) is 0.709. The molecular weight excluding hydrogens is 346 g/mol. The number of ether oxygens (including phenoxy) is 2. The van der Waals surface area contributed by atoms with Crippen LogP contribution in [0.4, 0.5) is 0 Å². The zero-order valence-electron chi connectivity index (χ0n) is 15.3. The third-order valence-corrected chi connectivity index (χ3v) is 3.75. The Morgan fingerprint density at radius 2 is 1.56 bits per heavy atom. The van der Waals surface area contributed by atoms with Gasteiger partial charge in [0.15, 0.2) is 6.61 Å². The third kappa shape index (κ3) is 6.93. The van der Waals surface area contributed by atoms with Crippen molar-refractivity contribution in [1.82, 2.24) is 5.32 Å². The van der Waals surface area contributed by atoms with Gasteiger partial charge in [0.05, 0.1) is 12.2 Å². The summed E-state index contributed by atoms with van der Waals surface area (Å²) in [5.74, 6) is -1.26. The molecule has 0 radical (unpaired) electrons. The van der Waals surface area contributed by atoms with Crippen molar-refractivity contribution in [1.29, 1.82) is 0 Å². The molecule has 6 heteroatoms. The first-order chi connectivity index (χ1) is 13.1. The maximum atomic E-state index is 12.0. The van der Waals surface area contributed by atoms with E-state index in [2.05, 4.69) is 5.32 Å². The number of rotatable bonds is 9. The lowest BCUT2D eigenvalue weighted by Crippen LogP contribution is -2.30. The average molecular weight is 369 g/mol. The number of hydrogen-bond donors (Lipinski definition) is 1. The Balaban J connectivity index is 1.72. The SMILES string of the molecule is CCOC(=O)CCCNC(=O)COC(=O)c1ccc(-c2ccccc2)cc1. The molecule has 0 bridgehead atoms. The number of carbonyl (C=O) groups is 3. The van der Waals surface area contributed by atoms with Crippen LogP contribution in [0, 0.1) is 0 Å². The molecule has 2 aromatic rings. The lowest BCUT2D eigenvalue weighted by molar-refractivity contribution is -0.143. The molecule has 0 aliphatic rings. The van der Waals surface area contributed by atoms with Gasteiger partial charge in [-0.05, 0) is 36.6 Å². The van der Waals surface area contributed by atoms with Crippen molar-refractivity contribution < 1.29 is 23.9 Å². The number of hydrogen-bond acceptors (Lipinski definition) is 5. The second-order valence-electron chi connectivity index (χ2n) is 5.78. The highest BCUT2D eigenvalue weighted by Gasteiger charge is 2.10. The van der Waals surface area contributed by atoms with E-state index in [9.17, 15) is 14.4 Å². The molecule has 2 rings (SSSR count). The van der Waals surface area contributed by atoms with Crippen molar-refractivity contribution in [2.75, 3.05) is 19.8 Å². The van der Waals surface area contributed by atoms with E-state index in [-0.39, 0.29) is 19.0 Å². The summed E-state index contributed by atoms with van der Waals surface area (Å²) < 4.78 is 9.80. The molecule has 0 fully saturated rings. The van der Waals surface area contributed by atoms with E-state index in [1.807, 2.05) is 42.5 Å². The molecular formula is C21H23NO5. The Hall–Kier alpha value is -3.15. The Bertz CT molecular complexity index is 756. The Morgan fingerprint density at radius 3 is 2.22 bits per heavy atom. The molecule has 1 N–H and O–H groups in total. The van der Waals surface area contributed by atoms with Crippen molar-refractivity contribution >= 4 is 17.8 Å². The second-order valence-corrected chi connectivity index (χ2v) is 5.78. The highest BCUT2D eigenvalue weighted by molar-refractivity contribution is 5.91. The lowest BCUT2D eigenvalue weighted by atomic mass is 10.0. The predicted octanol–water partition coefficient (Wildman–Crippen LogP) is 2.97. The maximum Gasteiger partial charge on any atom is 0.338 e. The van der Waals surface area contributed by atoms with Gasteiger partial charge in [-0.2, -0.15) is 0 Å². The quantitative estimate of drug-likeness (QED) is 0.543. The molecule has 0 heterocycles. The third-order valence-electron chi connectivity index (χ3n) is 3.75. The molecule has 0 atom stereocenters. The first-order valence-electron chi connectivity index (χ1n) is 8.85. The van der Waals surface area contributed by atoms with E-state index >= 15 is 0 Å². The van der Waals surface area contributed by atoms with Gasteiger partial charge in [0.1, 0.15) is 0 Å². The lowest BCUT2D eigenvalue weighted by Gasteiger charge is -2.07. The van der Waals surface area contributed by atoms with Crippen LogP contribution >= 0.6 is 0 Å². The summed E-state index contributed by atoms with van der Waals surface area (Å²) in [5.41, 5.74) is 2.43. The molecule has 0 unspecified atom stereocenters. The van der Waals surface area contributed by atoms with Gasteiger partial charge in [-0.25, -0.2) is 4.79 Å². The van der Waals surface area contributed by atoms with Gasteiger partial charge < -0.3 is 14.8 Å². The Labute approximate surface area is 158 Å². The monoisotopic (exact) mass is 369 g/mol. The van der Waals surface area contributed by atoms with E-state index in [1.165, 1.54) is 0 Å². The minimum atomic E-state index is -0.559. The van der Waals surface area contributed by atoms with Gasteiger partial charge in [-0.1, -0.05) is 42.5 Å². The predicted molar refractivity (Wildman–Crippen MR) is 101 cm³/mol. The van der Waals surface area contributed by atoms with E-state index in [4.69, 9.17) is 9.47 Å². The highest BCUT2D eigenvalue weighted by atomic mass is 16.5. The van der Waals surface area contributed by atoms with E-state index < -0.39 is 11.9 Å². The number of carbonyl (C=O) groups excluding carboxylic acids is 3. The fourth-order valence-corrected chi connectivity index (χ4v) is 2.39. The minimum Gasteiger partial charge on any atom is -0.466 e. The summed E-state index contributed by atoms with van der Waals surface area (Å²) >= 11 is 0. The van der Waals surface area contributed by atoms with E-state index in [0.717, 1.165) is 11.1 Å². The summed E-state index contributed by atoms with van der Waals surface area (Å²) in [6, 6.07) is 16.8. The summed E-state index contributed by atoms with van der Waals surface area (Å²) in [6.45, 7) is 2.04. The van der Waals surface area contributed by atoms with Gasteiger partial charge in [-0.3, -0.25) is 9.59 Å². The van der Waals surface area contributed by atoms with Gasteiger partial charge in [0.25, 0.3) is 5.91 Å². The van der Waals surface area contributed by atoms with Gasteiger partial charge in [0, 0.05) is 13.0 Å². The normalized spacial score (nSPS) is 10.1. The Morgan fingerprint density at radius 1 is 0.889 bits per heavy atom. The number of nitrogens with one attached hydrogen (secondary N) is 1. The van der Waals surface area contributed by atoms with Crippen molar-refractivity contribution in [3.8, 4) is 11.1 Å². The van der Waals surface area contributed by atoms with Crippen molar-refractivity contribution in [3.05, 3.63) is 60.2 Å². The van der Waals surface area contributed by atoms with Crippen molar-refractivity contribution in [3.63, 3.8) is 0 Å². The van der Waals surface area contributed by atoms with Crippen LogP contribution in [0.2, 0.25) is 0 Å². The van der Waals surface area contributed by atoms with Crippen LogP contribution in [0.15, 0.2) is 54.6 Å². The van der Waals surface area contributed by atoms with Crippen molar-refractivity contribution in [2.24, 2.45) is 0 Å². The van der Waals surface area contributed by atoms with Crippen LogP contribution in [-0.4, -0.2) is 37.6 Å². The van der Waals surface area contributed by atoms with Crippen LogP contribution in [0.1, 0.15) is 30.1 Å². The van der Waals surface area contributed by atoms with E-state index in [1.54, 1.807) is 19.1 Å². The molecule has 1 amide bonds. The highest BCUT2D eigenvalue weighted by Crippen LogP contribution is 2.19. The first-order valence-corrected chi connectivity index (χ1v) is 8.85. The molecule has 0 aromatic heterocycles. The largest absolute Gasteiger partial charge is 0.466 e. The van der Waals surface area contributed by atoms with Crippen molar-refractivity contribution in [2.45, 2.75) is 19.8 Å². The van der Waals surface area contributed by atoms with Gasteiger partial charge in [-0.15, -0.1) is 0 Å². The van der Waals surface area contributed by atoms with Crippen LogP contribution in [0.5, 0.6) is 0 Å². The van der Waals surface area contributed by atoms with Crippen LogP contribution in [0.25, 0.3) is 11.1 Å². The second kappa shape index (κ2) is 10.8. The smallest absolute Gasteiger partial charge is 0.338 e. The number of esters is 2. The molecule has 142 valence electrons. The molecule has 2 aromatic carbocycles. The first kappa shape index (κ1) is 20.2. The van der Waals surface area contributed by atoms with Gasteiger partial charge >= 0.3 is 11.9 Å². The molecule has 0 spiro atoms. The fraction of sp³-hybridized carbons (Fsp3) is 0.286. The molecule has 27 heavy (non-hydrogen) atoms. The maximum absolute atomic E-state index is 12.0. The fourth-order valence-electron chi connectivity index (χ4n) is 2.39. The Kier molecular flexibility index (Phi) is 8.03. The van der Waals surface area contributed by atoms with Crippen LogP contribution in [0.3, 0.4) is 0 Å². The molecule has 0 aliphatic carbocycles. The molecule has 0 aliphatic heterocycles. The number of amides is 1. The topological polar surface area (TPSA) is 81.7 Å². The van der Waals surface area contributed by atoms with E-state index in [0.29, 0.717) is 25.1 Å². The molecule has 0 saturated carbocycles. The summed E-state index contributed by atoms with van der Waals surface area (Å²) in [5, 5.41) is 2.59. The summed E-state index contributed by atoms with van der Waals surface area (Å²) in [7, 11) is 0. The number of benzene rings is 2. The van der Waals surface area contributed by atoms with Gasteiger partial charge in [0.2, 0.25) is 0 Å². The zero-order valence-corrected chi connectivity index (χ0v) is 15.3. The van der Waals surface area contributed by atoms with Crippen LogP contribution < -0.4 is 5.32 Å². The summed E-state index contributed by atoms with van der Waals surface area (Å²) in [4.78, 5) is 34.9. The average Bonchev–Trinajstić information content (AvgIpc) is 2.70. The van der Waals surface area contributed by atoms with Crippen LogP contribution in [-0.2, 0) is 19.1 Å². The zero-order chi connectivity index (χ0) is 19.5. The molecule has 0 saturated heterocycles.